The number of amides is 1. The van der Waals surface area contributed by atoms with Crippen molar-refractivity contribution in [3.8, 4) is 0 Å². The first kappa shape index (κ1) is 12.2. The lowest BCUT2D eigenvalue weighted by atomic mass is 9.94. The SMILES string of the molecule is CCC(CC(C)C)c1cnc(C(N)=O)s1. The quantitative estimate of drug-likeness (QED) is 0.839. The summed E-state index contributed by atoms with van der Waals surface area (Å²) in [5.74, 6) is 0.746. The average Bonchev–Trinajstić information content (AvgIpc) is 2.62. The van der Waals surface area contributed by atoms with Crippen LogP contribution in [0.2, 0.25) is 0 Å². The fraction of sp³-hybridized carbons (Fsp3) is 0.636. The van der Waals surface area contributed by atoms with E-state index in [1.165, 1.54) is 16.2 Å². The fourth-order valence-corrected chi connectivity index (χ4v) is 2.61. The minimum atomic E-state index is -0.425. The van der Waals surface area contributed by atoms with Gasteiger partial charge in [-0.15, -0.1) is 11.3 Å². The van der Waals surface area contributed by atoms with Crippen LogP contribution >= 0.6 is 11.3 Å². The Morgan fingerprint density at radius 1 is 1.60 bits per heavy atom. The second kappa shape index (κ2) is 5.26. The number of aromatic nitrogens is 1. The first-order valence-corrected chi connectivity index (χ1v) is 6.11. The van der Waals surface area contributed by atoms with Crippen LogP contribution in [0.15, 0.2) is 6.20 Å². The van der Waals surface area contributed by atoms with E-state index in [2.05, 4.69) is 25.8 Å². The molecule has 0 aliphatic carbocycles. The molecule has 2 N–H and O–H groups in total. The number of carbonyl (C=O) groups is 1. The molecule has 84 valence electrons. The van der Waals surface area contributed by atoms with Gasteiger partial charge in [0.25, 0.3) is 5.91 Å². The van der Waals surface area contributed by atoms with Crippen LogP contribution in [0.25, 0.3) is 0 Å². The van der Waals surface area contributed by atoms with E-state index < -0.39 is 5.91 Å². The Kier molecular flexibility index (Phi) is 4.27. The van der Waals surface area contributed by atoms with Crippen molar-refractivity contribution in [2.45, 2.75) is 39.5 Å². The highest BCUT2D eigenvalue weighted by molar-refractivity contribution is 7.13. The summed E-state index contributed by atoms with van der Waals surface area (Å²) in [7, 11) is 0. The molecular weight excluding hydrogens is 208 g/mol. The highest BCUT2D eigenvalue weighted by atomic mass is 32.1. The Morgan fingerprint density at radius 2 is 2.27 bits per heavy atom. The van der Waals surface area contributed by atoms with E-state index in [0.29, 0.717) is 16.8 Å². The van der Waals surface area contributed by atoms with Gasteiger partial charge in [-0.3, -0.25) is 4.79 Å². The molecule has 1 unspecified atom stereocenters. The van der Waals surface area contributed by atoms with Crippen LogP contribution in [-0.4, -0.2) is 10.9 Å². The maximum absolute atomic E-state index is 10.9. The van der Waals surface area contributed by atoms with Gasteiger partial charge in [-0.05, 0) is 24.7 Å². The van der Waals surface area contributed by atoms with Gasteiger partial charge in [-0.25, -0.2) is 4.98 Å². The normalized spacial score (nSPS) is 13.1. The molecule has 1 aromatic heterocycles. The number of primary amides is 1. The molecule has 1 aromatic rings. The summed E-state index contributed by atoms with van der Waals surface area (Å²) in [6, 6.07) is 0. The smallest absolute Gasteiger partial charge is 0.277 e. The van der Waals surface area contributed by atoms with Gasteiger partial charge in [0.05, 0.1) is 0 Å². The topological polar surface area (TPSA) is 56.0 Å². The van der Waals surface area contributed by atoms with E-state index in [1.54, 1.807) is 6.20 Å². The predicted octanol–water partition coefficient (Wildman–Crippen LogP) is 2.78. The molecular formula is C11H18N2OS. The molecule has 0 bridgehead atoms. The Labute approximate surface area is 94.7 Å². The van der Waals surface area contributed by atoms with E-state index in [9.17, 15) is 4.79 Å². The molecule has 3 nitrogen and oxygen atoms in total. The van der Waals surface area contributed by atoms with Gasteiger partial charge in [-0.2, -0.15) is 0 Å². The zero-order valence-electron chi connectivity index (χ0n) is 9.49. The van der Waals surface area contributed by atoms with E-state index in [1.807, 2.05) is 0 Å². The standard InChI is InChI=1S/C11H18N2OS/c1-4-8(5-7(2)3)9-6-13-11(15-9)10(12)14/h6-8H,4-5H2,1-3H3,(H2,12,14). The maximum Gasteiger partial charge on any atom is 0.277 e. The molecule has 0 aromatic carbocycles. The van der Waals surface area contributed by atoms with Crippen molar-refractivity contribution >= 4 is 17.2 Å². The largest absolute Gasteiger partial charge is 0.364 e. The van der Waals surface area contributed by atoms with Gasteiger partial charge in [0.2, 0.25) is 0 Å². The van der Waals surface area contributed by atoms with Crippen molar-refractivity contribution in [3.05, 3.63) is 16.1 Å². The van der Waals surface area contributed by atoms with E-state index in [4.69, 9.17) is 5.73 Å². The van der Waals surface area contributed by atoms with Gasteiger partial charge < -0.3 is 5.73 Å². The number of hydrogen-bond acceptors (Lipinski definition) is 3. The molecule has 4 heteroatoms. The summed E-state index contributed by atoms with van der Waals surface area (Å²) >= 11 is 1.43. The average molecular weight is 226 g/mol. The van der Waals surface area contributed by atoms with Crippen molar-refractivity contribution in [1.82, 2.24) is 4.98 Å². The van der Waals surface area contributed by atoms with Gasteiger partial charge >= 0.3 is 0 Å². The van der Waals surface area contributed by atoms with Crippen LogP contribution in [0.3, 0.4) is 0 Å². The van der Waals surface area contributed by atoms with Crippen molar-refractivity contribution in [3.63, 3.8) is 0 Å². The second-order valence-corrected chi connectivity index (χ2v) is 5.23. The van der Waals surface area contributed by atoms with Gasteiger partial charge in [0, 0.05) is 11.1 Å². The zero-order valence-corrected chi connectivity index (χ0v) is 10.3. The molecule has 1 amide bonds. The third-order valence-electron chi connectivity index (χ3n) is 2.39. The third kappa shape index (κ3) is 3.30. The number of carbonyl (C=O) groups excluding carboxylic acids is 1. The van der Waals surface area contributed by atoms with Crippen LogP contribution in [0, 0.1) is 5.92 Å². The second-order valence-electron chi connectivity index (χ2n) is 4.17. The van der Waals surface area contributed by atoms with Crippen LogP contribution in [0.1, 0.15) is 54.2 Å². The highest BCUT2D eigenvalue weighted by Gasteiger charge is 2.16. The lowest BCUT2D eigenvalue weighted by Crippen LogP contribution is -2.09. The molecule has 1 rings (SSSR count). The fourth-order valence-electron chi connectivity index (χ4n) is 1.64. The Hall–Kier alpha value is -0.900. The number of nitrogens with zero attached hydrogens (tertiary/aromatic N) is 1. The molecule has 0 fully saturated rings. The van der Waals surface area contributed by atoms with Crippen LogP contribution in [-0.2, 0) is 0 Å². The summed E-state index contributed by atoms with van der Waals surface area (Å²) in [5.41, 5.74) is 5.18. The van der Waals surface area contributed by atoms with E-state index in [0.717, 1.165) is 12.8 Å². The zero-order chi connectivity index (χ0) is 11.4. The number of nitrogens with two attached hydrogens (primary N) is 1. The maximum atomic E-state index is 10.9. The van der Waals surface area contributed by atoms with Crippen LogP contribution in [0.4, 0.5) is 0 Å². The molecule has 0 radical (unpaired) electrons. The predicted molar refractivity (Wildman–Crippen MR) is 63.1 cm³/mol. The first-order valence-electron chi connectivity index (χ1n) is 5.30. The molecule has 0 saturated carbocycles. The number of thiazole rings is 1. The first-order chi connectivity index (χ1) is 7.04. The lowest BCUT2D eigenvalue weighted by molar-refractivity contribution is 0.1000. The van der Waals surface area contributed by atoms with Crippen molar-refractivity contribution < 1.29 is 4.79 Å². The summed E-state index contributed by atoms with van der Waals surface area (Å²) in [4.78, 5) is 16.1. The molecule has 15 heavy (non-hydrogen) atoms. The van der Waals surface area contributed by atoms with Gasteiger partial charge in [0.15, 0.2) is 5.01 Å². The minimum absolute atomic E-state index is 0.423. The monoisotopic (exact) mass is 226 g/mol. The van der Waals surface area contributed by atoms with Crippen molar-refractivity contribution in [1.29, 1.82) is 0 Å². The number of hydrogen-bond donors (Lipinski definition) is 1. The lowest BCUT2D eigenvalue weighted by Gasteiger charge is -2.14. The highest BCUT2D eigenvalue weighted by Crippen LogP contribution is 2.30. The Morgan fingerprint density at radius 3 is 2.67 bits per heavy atom. The molecule has 1 heterocycles. The molecule has 0 aliphatic rings. The third-order valence-corrected chi connectivity index (χ3v) is 3.56. The van der Waals surface area contributed by atoms with Crippen LogP contribution in [0.5, 0.6) is 0 Å². The Balaban J connectivity index is 2.78. The summed E-state index contributed by atoms with van der Waals surface area (Å²) in [6.07, 6.45) is 4.01. The van der Waals surface area contributed by atoms with Crippen molar-refractivity contribution in [2.24, 2.45) is 11.7 Å². The van der Waals surface area contributed by atoms with E-state index in [-0.39, 0.29) is 0 Å². The molecule has 0 spiro atoms. The Bertz CT molecular complexity index is 333. The minimum Gasteiger partial charge on any atom is -0.364 e. The van der Waals surface area contributed by atoms with Crippen LogP contribution < -0.4 is 5.73 Å². The molecule has 0 saturated heterocycles. The summed E-state index contributed by atoms with van der Waals surface area (Å²) < 4.78 is 0. The number of rotatable bonds is 5. The molecule has 0 aliphatic heterocycles. The molecule has 1 atom stereocenters. The van der Waals surface area contributed by atoms with Crippen molar-refractivity contribution in [2.75, 3.05) is 0 Å². The summed E-state index contributed by atoms with van der Waals surface area (Å²) in [5, 5.41) is 0.423. The van der Waals surface area contributed by atoms with Gasteiger partial charge in [0.1, 0.15) is 0 Å². The van der Waals surface area contributed by atoms with Gasteiger partial charge in [-0.1, -0.05) is 20.8 Å². The summed E-state index contributed by atoms with van der Waals surface area (Å²) in [6.45, 7) is 6.58. The van der Waals surface area contributed by atoms with E-state index >= 15 is 0 Å².